The molecule has 2 aromatic carbocycles. The number of anilines is 1. The molecule has 2 aromatic rings. The number of likely N-dealkylation sites (tertiary alicyclic amines) is 1. The minimum Gasteiger partial charge on any atom is -0.366 e. The number of imide groups is 1. The second kappa shape index (κ2) is 8.03. The van der Waals surface area contributed by atoms with E-state index >= 15 is 0 Å². The lowest BCUT2D eigenvalue weighted by Gasteiger charge is -2.37. The van der Waals surface area contributed by atoms with Gasteiger partial charge in [0, 0.05) is 13.1 Å². The van der Waals surface area contributed by atoms with Crippen LogP contribution < -0.4 is 4.90 Å². The van der Waals surface area contributed by atoms with Crippen molar-refractivity contribution in [1.82, 2.24) is 4.90 Å². The predicted molar refractivity (Wildman–Crippen MR) is 121 cm³/mol. The molecule has 1 saturated heterocycles. The number of hydrogen-bond acceptors (Lipinski definition) is 4. The number of nitrogens with zero attached hydrogens (tertiary/aromatic N) is 3. The monoisotopic (exact) mass is 413 g/mol. The van der Waals surface area contributed by atoms with E-state index in [1.807, 2.05) is 32.0 Å². The van der Waals surface area contributed by atoms with Crippen LogP contribution in [0.4, 0.5) is 5.69 Å². The fourth-order valence-electron chi connectivity index (χ4n) is 4.91. The van der Waals surface area contributed by atoms with Gasteiger partial charge in [0.05, 0.1) is 22.9 Å². The standard InChI is InChI=1S/C26H27N3O2/c1-16-5-10-22(19(4)12-16)23-24(28-14-17(2)11-18(3)15-28)26(31)29(25(23)30)21-8-6-20(13-27)7-9-21/h5-10,12,17-18H,11,14-15H2,1-4H3. The Bertz CT molecular complexity index is 1110. The summed E-state index contributed by atoms with van der Waals surface area (Å²) in [5.74, 6) is 0.306. The van der Waals surface area contributed by atoms with Crippen LogP contribution in [0.3, 0.4) is 0 Å². The second-order valence-electron chi connectivity index (χ2n) is 9.00. The average Bonchev–Trinajstić information content (AvgIpc) is 2.97. The fraction of sp³-hybridized carbons (Fsp3) is 0.346. The molecule has 0 spiro atoms. The summed E-state index contributed by atoms with van der Waals surface area (Å²) in [5, 5.41) is 9.09. The first-order valence-electron chi connectivity index (χ1n) is 10.8. The molecule has 0 saturated carbocycles. The number of piperidine rings is 1. The molecule has 31 heavy (non-hydrogen) atoms. The van der Waals surface area contributed by atoms with E-state index in [1.165, 1.54) is 4.90 Å². The molecule has 4 rings (SSSR count). The number of benzene rings is 2. The van der Waals surface area contributed by atoms with E-state index in [2.05, 4.69) is 24.8 Å². The number of rotatable bonds is 3. The lowest BCUT2D eigenvalue weighted by Crippen LogP contribution is -2.42. The van der Waals surface area contributed by atoms with Crippen molar-refractivity contribution >= 4 is 23.1 Å². The molecule has 2 unspecified atom stereocenters. The molecule has 2 aliphatic rings. The van der Waals surface area contributed by atoms with Crippen molar-refractivity contribution in [3.05, 3.63) is 70.4 Å². The van der Waals surface area contributed by atoms with Crippen LogP contribution in [0.1, 0.15) is 42.5 Å². The maximum atomic E-state index is 13.7. The number of carbonyl (C=O) groups excluding carboxylic acids is 2. The summed E-state index contributed by atoms with van der Waals surface area (Å²) in [6.07, 6.45) is 1.12. The van der Waals surface area contributed by atoms with Crippen LogP contribution >= 0.6 is 0 Å². The first-order chi connectivity index (χ1) is 14.8. The lowest BCUT2D eigenvalue weighted by atomic mass is 9.90. The van der Waals surface area contributed by atoms with Gasteiger partial charge in [0.1, 0.15) is 5.70 Å². The molecule has 0 N–H and O–H groups in total. The van der Waals surface area contributed by atoms with Crippen LogP contribution in [0, 0.1) is 37.0 Å². The molecule has 0 aliphatic carbocycles. The number of nitriles is 1. The zero-order valence-corrected chi connectivity index (χ0v) is 18.5. The molecule has 1 fully saturated rings. The van der Waals surface area contributed by atoms with Crippen LogP contribution in [-0.2, 0) is 9.59 Å². The summed E-state index contributed by atoms with van der Waals surface area (Å²) in [6, 6.07) is 14.7. The molecular formula is C26H27N3O2. The van der Waals surface area contributed by atoms with Gasteiger partial charge in [0.2, 0.25) is 0 Å². The maximum Gasteiger partial charge on any atom is 0.282 e. The molecule has 2 heterocycles. The Morgan fingerprint density at radius 3 is 2.16 bits per heavy atom. The maximum absolute atomic E-state index is 13.7. The van der Waals surface area contributed by atoms with Gasteiger partial charge >= 0.3 is 0 Å². The summed E-state index contributed by atoms with van der Waals surface area (Å²) >= 11 is 0. The van der Waals surface area contributed by atoms with E-state index in [9.17, 15) is 9.59 Å². The van der Waals surface area contributed by atoms with Crippen molar-refractivity contribution in [2.45, 2.75) is 34.1 Å². The molecule has 2 aliphatic heterocycles. The molecule has 5 nitrogen and oxygen atoms in total. The third-order valence-corrected chi connectivity index (χ3v) is 6.15. The topological polar surface area (TPSA) is 64.4 Å². The van der Waals surface area contributed by atoms with E-state index in [-0.39, 0.29) is 11.8 Å². The molecule has 158 valence electrons. The van der Waals surface area contributed by atoms with E-state index in [1.54, 1.807) is 24.3 Å². The number of hydrogen-bond donors (Lipinski definition) is 0. The minimum atomic E-state index is -0.303. The molecule has 5 heteroatoms. The summed E-state index contributed by atoms with van der Waals surface area (Å²) in [6.45, 7) is 9.91. The van der Waals surface area contributed by atoms with E-state index in [0.717, 1.165) is 36.2 Å². The van der Waals surface area contributed by atoms with Gasteiger partial charge in [-0.25, -0.2) is 4.90 Å². The zero-order chi connectivity index (χ0) is 22.3. The van der Waals surface area contributed by atoms with Gasteiger partial charge in [-0.15, -0.1) is 0 Å². The van der Waals surface area contributed by atoms with Crippen molar-refractivity contribution < 1.29 is 9.59 Å². The number of carbonyl (C=O) groups is 2. The molecule has 0 aromatic heterocycles. The van der Waals surface area contributed by atoms with Crippen molar-refractivity contribution in [2.75, 3.05) is 18.0 Å². The first kappa shape index (κ1) is 20.9. The molecule has 0 radical (unpaired) electrons. The number of aryl methyl sites for hydroxylation is 2. The van der Waals surface area contributed by atoms with Crippen LogP contribution in [0.2, 0.25) is 0 Å². The summed E-state index contributed by atoms with van der Waals surface area (Å²) in [7, 11) is 0. The average molecular weight is 414 g/mol. The Hall–Kier alpha value is -3.39. The third-order valence-electron chi connectivity index (χ3n) is 6.15. The van der Waals surface area contributed by atoms with E-state index < -0.39 is 0 Å². The highest BCUT2D eigenvalue weighted by Crippen LogP contribution is 2.38. The van der Waals surface area contributed by atoms with Gasteiger partial charge in [-0.3, -0.25) is 9.59 Å². The van der Waals surface area contributed by atoms with Crippen LogP contribution in [-0.4, -0.2) is 29.8 Å². The summed E-state index contributed by atoms with van der Waals surface area (Å²) < 4.78 is 0. The van der Waals surface area contributed by atoms with Crippen molar-refractivity contribution in [2.24, 2.45) is 11.8 Å². The van der Waals surface area contributed by atoms with Crippen molar-refractivity contribution in [3.8, 4) is 6.07 Å². The lowest BCUT2D eigenvalue weighted by molar-refractivity contribution is -0.120. The van der Waals surface area contributed by atoms with Crippen molar-refractivity contribution in [1.29, 1.82) is 5.26 Å². The fourth-order valence-corrected chi connectivity index (χ4v) is 4.91. The highest BCUT2D eigenvalue weighted by atomic mass is 16.2. The SMILES string of the molecule is Cc1ccc(C2=C(N3CC(C)CC(C)C3)C(=O)N(c3ccc(C#N)cc3)C2=O)c(C)c1. The first-order valence-corrected chi connectivity index (χ1v) is 10.8. The normalized spacial score (nSPS) is 21.6. The van der Waals surface area contributed by atoms with Gasteiger partial charge in [0.15, 0.2) is 0 Å². The highest BCUT2D eigenvalue weighted by Gasteiger charge is 2.44. The summed E-state index contributed by atoms with van der Waals surface area (Å²) in [4.78, 5) is 30.7. The smallest absolute Gasteiger partial charge is 0.282 e. The Balaban J connectivity index is 1.85. The van der Waals surface area contributed by atoms with Gasteiger partial charge < -0.3 is 4.90 Å². The molecular weight excluding hydrogens is 386 g/mol. The van der Waals surface area contributed by atoms with E-state index in [4.69, 9.17) is 5.26 Å². The van der Waals surface area contributed by atoms with Gasteiger partial charge in [0.25, 0.3) is 11.8 Å². The van der Waals surface area contributed by atoms with Gasteiger partial charge in [-0.05, 0) is 67.5 Å². The molecule has 0 bridgehead atoms. The Morgan fingerprint density at radius 1 is 0.935 bits per heavy atom. The van der Waals surface area contributed by atoms with Crippen LogP contribution in [0.25, 0.3) is 5.57 Å². The second-order valence-corrected chi connectivity index (χ2v) is 9.00. The largest absolute Gasteiger partial charge is 0.366 e. The molecule has 2 amide bonds. The predicted octanol–water partition coefficient (Wildman–Crippen LogP) is 4.44. The zero-order valence-electron chi connectivity index (χ0n) is 18.5. The quantitative estimate of drug-likeness (QED) is 0.698. The minimum absolute atomic E-state index is 0.286. The van der Waals surface area contributed by atoms with Crippen LogP contribution in [0.15, 0.2) is 48.2 Å². The summed E-state index contributed by atoms with van der Waals surface area (Å²) in [5.41, 5.74) is 4.86. The van der Waals surface area contributed by atoms with Crippen molar-refractivity contribution in [3.63, 3.8) is 0 Å². The van der Waals surface area contributed by atoms with E-state index in [0.29, 0.717) is 34.4 Å². The highest BCUT2D eigenvalue weighted by molar-refractivity contribution is 6.45. The van der Waals surface area contributed by atoms with Gasteiger partial charge in [-0.2, -0.15) is 5.26 Å². The Morgan fingerprint density at radius 2 is 1.58 bits per heavy atom. The Labute approximate surface area is 183 Å². The van der Waals surface area contributed by atoms with Crippen LogP contribution in [0.5, 0.6) is 0 Å². The molecule has 2 atom stereocenters. The Kier molecular flexibility index (Phi) is 5.41. The third kappa shape index (κ3) is 3.74. The van der Waals surface area contributed by atoms with Gasteiger partial charge in [-0.1, -0.05) is 37.6 Å². The number of amides is 2.